The highest BCUT2D eigenvalue weighted by Gasteiger charge is 2.32. The van der Waals surface area contributed by atoms with Crippen LogP contribution in [0.3, 0.4) is 0 Å². The minimum absolute atomic E-state index is 0.0112. The lowest BCUT2D eigenvalue weighted by Crippen LogP contribution is -2.26. The number of amides is 3. The molecule has 0 fully saturated rings. The maximum atomic E-state index is 12.7. The number of ether oxygens (including phenoxy) is 3. The second-order valence-corrected chi connectivity index (χ2v) is 18.5. The SMILES string of the molecule is COc1ccc2c(c1)C(=O)N(c1ccc3c(ccc[n+]3[O-])c1)C2.COc1ccc2c(c1)C(=O)N(c1ccc3c(ccc[n+]3[O-])c1)C2.COc1ccc2c(c1)C(=O)N(c1ccc3ncccc3c1)C2.ClC(Cl)Cl. The average molecular weight is 1020 g/mol. The third kappa shape index (κ3) is 10.1. The maximum Gasteiger partial charge on any atom is 0.259 e. The van der Waals surface area contributed by atoms with Crippen LogP contribution in [-0.4, -0.2) is 48.3 Å². The van der Waals surface area contributed by atoms with Crippen LogP contribution < -0.4 is 38.4 Å². The molecule has 3 aliphatic heterocycles. The highest BCUT2D eigenvalue weighted by molar-refractivity contribution is 6.63. The van der Waals surface area contributed by atoms with E-state index in [1.807, 2.05) is 91.0 Å². The van der Waals surface area contributed by atoms with Crippen molar-refractivity contribution >= 4 is 102 Å². The topological polar surface area (TPSA) is 155 Å². The van der Waals surface area contributed by atoms with Crippen LogP contribution >= 0.6 is 34.8 Å². The van der Waals surface area contributed by atoms with Gasteiger partial charge in [0.25, 0.3) is 17.7 Å². The van der Waals surface area contributed by atoms with Crippen LogP contribution in [0.5, 0.6) is 17.2 Å². The highest BCUT2D eigenvalue weighted by atomic mass is 35.6. The molecular weight excluding hydrogens is 979 g/mol. The molecule has 72 heavy (non-hydrogen) atoms. The smallest absolute Gasteiger partial charge is 0.259 e. The van der Waals surface area contributed by atoms with Crippen LogP contribution in [0.25, 0.3) is 32.7 Å². The summed E-state index contributed by atoms with van der Waals surface area (Å²) in [4.78, 5) is 47.5. The summed E-state index contributed by atoms with van der Waals surface area (Å²) in [6, 6.07) is 44.5. The summed E-state index contributed by atoms with van der Waals surface area (Å²) in [6.07, 6.45) is 4.70. The van der Waals surface area contributed by atoms with Crippen molar-refractivity contribution < 1.29 is 38.1 Å². The first kappa shape index (κ1) is 48.8. The van der Waals surface area contributed by atoms with Gasteiger partial charge in [0, 0.05) is 80.4 Å². The zero-order valence-electron chi connectivity index (χ0n) is 38.9. The van der Waals surface area contributed by atoms with Crippen LogP contribution in [0.15, 0.2) is 164 Å². The van der Waals surface area contributed by atoms with Crippen LogP contribution in [-0.2, 0) is 19.6 Å². The van der Waals surface area contributed by atoms with Gasteiger partial charge in [-0.2, -0.15) is 9.46 Å². The Hall–Kier alpha value is -8.17. The number of halogens is 3. The van der Waals surface area contributed by atoms with E-state index >= 15 is 0 Å². The van der Waals surface area contributed by atoms with E-state index in [2.05, 4.69) is 4.98 Å². The first-order valence-electron chi connectivity index (χ1n) is 22.3. The van der Waals surface area contributed by atoms with Gasteiger partial charge in [0.2, 0.25) is 11.0 Å². The number of benzene rings is 6. The Morgan fingerprint density at radius 3 is 1.24 bits per heavy atom. The molecule has 0 radical (unpaired) electrons. The molecule has 362 valence electrons. The molecule has 0 saturated carbocycles. The zero-order chi connectivity index (χ0) is 50.6. The number of nitrogens with zero attached hydrogens (tertiary/aromatic N) is 6. The third-order valence-corrected chi connectivity index (χ3v) is 12.4. The van der Waals surface area contributed by atoms with Gasteiger partial charge in [-0.05, 0) is 114 Å². The van der Waals surface area contributed by atoms with E-state index in [0.29, 0.717) is 64.6 Å². The minimum atomic E-state index is -0.750. The van der Waals surface area contributed by atoms with Crippen molar-refractivity contribution in [2.45, 2.75) is 23.9 Å². The number of pyridine rings is 3. The van der Waals surface area contributed by atoms with Gasteiger partial charge in [0.15, 0.2) is 16.7 Å². The molecule has 12 rings (SSSR count). The van der Waals surface area contributed by atoms with Gasteiger partial charge in [-0.3, -0.25) is 19.4 Å². The fourth-order valence-corrected chi connectivity index (χ4v) is 8.78. The number of hydrogen-bond acceptors (Lipinski definition) is 9. The van der Waals surface area contributed by atoms with Crippen molar-refractivity contribution in [1.29, 1.82) is 0 Å². The lowest BCUT2D eigenvalue weighted by atomic mass is 10.1. The Labute approximate surface area is 428 Å². The number of carbonyl (C=O) groups excluding carboxylic acids is 3. The molecule has 9 aromatic rings. The number of anilines is 3. The van der Waals surface area contributed by atoms with E-state index in [1.165, 1.54) is 12.4 Å². The van der Waals surface area contributed by atoms with Crippen molar-refractivity contribution in [2.75, 3.05) is 36.0 Å². The van der Waals surface area contributed by atoms with E-state index in [9.17, 15) is 24.8 Å². The zero-order valence-corrected chi connectivity index (χ0v) is 41.1. The van der Waals surface area contributed by atoms with E-state index < -0.39 is 4.30 Å². The molecule has 6 aromatic carbocycles. The first-order chi connectivity index (χ1) is 34.8. The second-order valence-electron chi connectivity index (χ2n) is 16.5. The summed E-state index contributed by atoms with van der Waals surface area (Å²) in [5.74, 6) is 1.96. The molecule has 0 unspecified atom stereocenters. The van der Waals surface area contributed by atoms with Crippen LogP contribution in [0.1, 0.15) is 47.8 Å². The molecule has 0 N–H and O–H groups in total. The molecule has 3 amide bonds. The minimum Gasteiger partial charge on any atom is -0.618 e. The molecule has 0 bridgehead atoms. The van der Waals surface area contributed by atoms with E-state index in [4.69, 9.17) is 49.0 Å². The van der Waals surface area contributed by atoms with Gasteiger partial charge >= 0.3 is 0 Å². The number of rotatable bonds is 6. The van der Waals surface area contributed by atoms with Gasteiger partial charge in [0.05, 0.1) is 46.5 Å². The average Bonchev–Trinajstić information content (AvgIpc) is 4.04. The molecular formula is C55H43Cl3N6O8. The molecule has 14 nitrogen and oxygen atoms in total. The third-order valence-electron chi connectivity index (χ3n) is 12.4. The quantitative estimate of drug-likeness (QED) is 0.0899. The molecule has 0 aliphatic carbocycles. The van der Waals surface area contributed by atoms with Crippen LogP contribution in [0.4, 0.5) is 17.1 Å². The summed E-state index contributed by atoms with van der Waals surface area (Å²) >= 11 is 14.4. The second kappa shape index (κ2) is 21.0. The Morgan fingerprint density at radius 2 is 0.847 bits per heavy atom. The van der Waals surface area contributed by atoms with Crippen LogP contribution in [0.2, 0.25) is 0 Å². The molecule has 0 atom stereocenters. The summed E-state index contributed by atoms with van der Waals surface area (Å²) in [7, 11) is 4.77. The molecule has 3 aliphatic rings. The lowest BCUT2D eigenvalue weighted by molar-refractivity contribution is -0.577. The van der Waals surface area contributed by atoms with Gasteiger partial charge in [-0.25, -0.2) is 0 Å². The van der Waals surface area contributed by atoms with Crippen molar-refractivity contribution in [3.63, 3.8) is 0 Å². The molecule has 0 spiro atoms. The van der Waals surface area contributed by atoms with Gasteiger partial charge in [-0.1, -0.05) is 59.1 Å². The molecule has 0 saturated heterocycles. The summed E-state index contributed by atoms with van der Waals surface area (Å²) in [5, 5.41) is 26.1. The number of methoxy groups -OCH3 is 3. The van der Waals surface area contributed by atoms with Gasteiger partial charge < -0.3 is 39.3 Å². The van der Waals surface area contributed by atoms with Crippen molar-refractivity contribution in [3.8, 4) is 17.2 Å². The maximum absolute atomic E-state index is 12.7. The van der Waals surface area contributed by atoms with Gasteiger partial charge in [0.1, 0.15) is 17.2 Å². The summed E-state index contributed by atoms with van der Waals surface area (Å²) < 4.78 is 16.5. The van der Waals surface area contributed by atoms with Crippen molar-refractivity contribution in [3.05, 3.63) is 208 Å². The number of hydrogen-bond donors (Lipinski definition) is 0. The normalized spacial score (nSPS) is 13.2. The Kier molecular flexibility index (Phi) is 14.3. The Balaban J connectivity index is 0.000000128. The Bertz CT molecular complexity index is 3400. The fraction of sp³-hybridized carbons (Fsp3) is 0.127. The monoisotopic (exact) mass is 1020 g/mol. The largest absolute Gasteiger partial charge is 0.618 e. The first-order valence-corrected chi connectivity index (χ1v) is 23.6. The summed E-state index contributed by atoms with van der Waals surface area (Å²) in [6.45, 7) is 1.63. The van der Waals surface area contributed by atoms with Crippen molar-refractivity contribution in [2.24, 2.45) is 0 Å². The lowest BCUT2D eigenvalue weighted by Gasteiger charge is -2.16. The van der Waals surface area contributed by atoms with E-state index in [-0.39, 0.29) is 17.7 Å². The van der Waals surface area contributed by atoms with E-state index in [1.54, 1.807) is 96.8 Å². The van der Waals surface area contributed by atoms with E-state index in [0.717, 1.165) is 64.9 Å². The summed E-state index contributed by atoms with van der Waals surface area (Å²) in [5.41, 5.74) is 9.57. The predicted octanol–water partition coefficient (Wildman–Crippen LogP) is 10.7. The highest BCUT2D eigenvalue weighted by Crippen LogP contribution is 2.35. The predicted molar refractivity (Wildman–Crippen MR) is 279 cm³/mol. The van der Waals surface area contributed by atoms with Gasteiger partial charge in [-0.15, -0.1) is 0 Å². The molecule has 17 heteroatoms. The number of aromatic nitrogens is 3. The Morgan fingerprint density at radius 1 is 0.486 bits per heavy atom. The molecule has 3 aromatic heterocycles. The number of alkyl halides is 3. The molecule has 6 heterocycles. The fourth-order valence-electron chi connectivity index (χ4n) is 8.78. The standard InChI is InChI=1S/2C18H14N2O3.C18H14N2O2.CHCl3/c2*1-23-15-6-4-13-11-19(18(21)16(13)10-15)14-5-7-17-12(9-14)3-2-8-20(17)22;1-22-15-6-4-13-11-20(18(21)16(13)10-15)14-5-7-17-12(9-14)3-2-8-19-17;2-1(3)4/h2*2-10H,11H2,1H3;2-10H,11H2,1H3;1H. The van der Waals surface area contributed by atoms with Crippen LogP contribution in [0, 0.1) is 10.4 Å². The van der Waals surface area contributed by atoms with Crippen molar-refractivity contribution in [1.82, 2.24) is 4.98 Å². The number of fused-ring (bicyclic) bond motifs is 6. The number of carbonyl (C=O) groups is 3.